The zero-order chi connectivity index (χ0) is 25.8. The zero-order valence-corrected chi connectivity index (χ0v) is 21.3. The maximum atomic E-state index is 13.1. The maximum absolute atomic E-state index is 13.1. The highest BCUT2D eigenvalue weighted by atomic mass is 32.2. The molecule has 1 aliphatic heterocycles. The van der Waals surface area contributed by atoms with Gasteiger partial charge in [-0.25, -0.2) is 16.8 Å². The normalized spacial score (nSPS) is 16.8. The van der Waals surface area contributed by atoms with Gasteiger partial charge in [-0.05, 0) is 73.5 Å². The zero-order valence-electron chi connectivity index (χ0n) is 19.6. The minimum Gasteiger partial charge on any atom is -0.497 e. The van der Waals surface area contributed by atoms with E-state index in [0.29, 0.717) is 36.5 Å². The van der Waals surface area contributed by atoms with E-state index < -0.39 is 26.0 Å². The average Bonchev–Trinajstić information content (AvgIpc) is 2.89. The molecule has 1 unspecified atom stereocenters. The largest absolute Gasteiger partial charge is 0.497 e. The molecule has 3 aromatic carbocycles. The van der Waals surface area contributed by atoms with Gasteiger partial charge in [-0.1, -0.05) is 18.2 Å². The van der Waals surface area contributed by atoms with Gasteiger partial charge in [0.15, 0.2) is 0 Å². The molecule has 0 bridgehead atoms. The molecular weight excluding hydrogens is 502 g/mol. The number of ether oxygens (including phenoxy) is 1. The van der Waals surface area contributed by atoms with Crippen LogP contribution in [-0.4, -0.2) is 47.2 Å². The molecule has 36 heavy (non-hydrogen) atoms. The molecule has 0 saturated carbocycles. The van der Waals surface area contributed by atoms with Gasteiger partial charge < -0.3 is 10.1 Å². The van der Waals surface area contributed by atoms with Gasteiger partial charge in [0.25, 0.3) is 10.0 Å². The van der Waals surface area contributed by atoms with Gasteiger partial charge in [-0.3, -0.25) is 9.52 Å². The van der Waals surface area contributed by atoms with Crippen molar-refractivity contribution in [3.05, 3.63) is 78.9 Å². The van der Waals surface area contributed by atoms with E-state index in [1.807, 2.05) is 0 Å². The van der Waals surface area contributed by atoms with Gasteiger partial charge in [0.1, 0.15) is 5.75 Å². The maximum Gasteiger partial charge on any atom is 0.261 e. The molecule has 190 valence electrons. The van der Waals surface area contributed by atoms with Crippen LogP contribution in [0.1, 0.15) is 12.8 Å². The van der Waals surface area contributed by atoms with Crippen molar-refractivity contribution in [3.8, 4) is 5.75 Å². The summed E-state index contributed by atoms with van der Waals surface area (Å²) < 4.78 is 60.2. The smallest absolute Gasteiger partial charge is 0.261 e. The van der Waals surface area contributed by atoms with Crippen molar-refractivity contribution in [2.75, 3.05) is 30.2 Å². The Morgan fingerprint density at radius 3 is 2.14 bits per heavy atom. The van der Waals surface area contributed by atoms with Gasteiger partial charge in [0.05, 0.1) is 22.8 Å². The molecule has 0 spiro atoms. The summed E-state index contributed by atoms with van der Waals surface area (Å²) >= 11 is 0. The van der Waals surface area contributed by atoms with Crippen LogP contribution in [-0.2, 0) is 24.8 Å². The second-order valence-electron chi connectivity index (χ2n) is 8.36. The molecule has 3 aromatic rings. The third-order valence-corrected chi connectivity index (χ3v) is 9.19. The molecule has 1 aliphatic rings. The number of piperidine rings is 1. The number of sulfonamides is 2. The molecule has 4 rings (SSSR count). The van der Waals surface area contributed by atoms with E-state index in [2.05, 4.69) is 10.0 Å². The number of amides is 1. The van der Waals surface area contributed by atoms with Gasteiger partial charge in [-0.2, -0.15) is 4.31 Å². The molecule has 2 N–H and O–H groups in total. The van der Waals surface area contributed by atoms with Gasteiger partial charge in [0, 0.05) is 24.5 Å². The predicted molar refractivity (Wildman–Crippen MR) is 137 cm³/mol. The Bertz CT molecular complexity index is 1410. The van der Waals surface area contributed by atoms with Crippen molar-refractivity contribution in [3.63, 3.8) is 0 Å². The summed E-state index contributed by atoms with van der Waals surface area (Å²) in [6, 6.07) is 20.5. The minimum absolute atomic E-state index is 0.0544. The third-order valence-electron chi connectivity index (χ3n) is 5.91. The highest BCUT2D eigenvalue weighted by Gasteiger charge is 2.33. The molecule has 1 heterocycles. The summed E-state index contributed by atoms with van der Waals surface area (Å²) in [5.41, 5.74) is 0.870. The van der Waals surface area contributed by atoms with Gasteiger partial charge in [0.2, 0.25) is 15.9 Å². The molecule has 0 radical (unpaired) electrons. The van der Waals surface area contributed by atoms with E-state index >= 15 is 0 Å². The fourth-order valence-electron chi connectivity index (χ4n) is 3.95. The lowest BCUT2D eigenvalue weighted by Gasteiger charge is -2.31. The van der Waals surface area contributed by atoms with E-state index in [1.165, 1.54) is 47.8 Å². The topological polar surface area (TPSA) is 122 Å². The van der Waals surface area contributed by atoms with E-state index in [1.54, 1.807) is 42.5 Å². The second kappa shape index (κ2) is 10.7. The summed E-state index contributed by atoms with van der Waals surface area (Å²) in [5, 5.41) is 2.77. The lowest BCUT2D eigenvalue weighted by molar-refractivity contribution is -0.120. The van der Waals surface area contributed by atoms with Crippen LogP contribution in [0.3, 0.4) is 0 Å². The first-order valence-corrected chi connectivity index (χ1v) is 14.2. The minimum atomic E-state index is -3.78. The SMILES string of the molecule is COc1ccc(S(=O)(=O)N2CCCC(C(=O)Nc3ccc(S(=O)(=O)Nc4ccccc4)cc3)C2)cc1. The number of hydrogen-bond acceptors (Lipinski definition) is 6. The van der Waals surface area contributed by atoms with Gasteiger partial charge in [-0.15, -0.1) is 0 Å². The Hall–Kier alpha value is -3.41. The molecule has 0 aromatic heterocycles. The molecule has 0 aliphatic carbocycles. The van der Waals surface area contributed by atoms with Crippen LogP contribution >= 0.6 is 0 Å². The number of nitrogens with zero attached hydrogens (tertiary/aromatic N) is 1. The Labute approximate surface area is 211 Å². The van der Waals surface area contributed by atoms with Crippen molar-refractivity contribution in [2.45, 2.75) is 22.6 Å². The van der Waals surface area contributed by atoms with Crippen LogP contribution in [0, 0.1) is 5.92 Å². The molecule has 1 fully saturated rings. The van der Waals surface area contributed by atoms with Crippen LogP contribution < -0.4 is 14.8 Å². The highest BCUT2D eigenvalue weighted by Crippen LogP contribution is 2.26. The van der Waals surface area contributed by atoms with Crippen molar-refractivity contribution in [1.29, 1.82) is 0 Å². The van der Waals surface area contributed by atoms with Gasteiger partial charge >= 0.3 is 0 Å². The monoisotopic (exact) mass is 529 g/mol. The lowest BCUT2D eigenvalue weighted by Crippen LogP contribution is -2.43. The molecule has 11 heteroatoms. The number of benzene rings is 3. The quantitative estimate of drug-likeness (QED) is 0.460. The standard InChI is InChI=1S/C25H27N3O6S2/c1-34-22-11-15-24(16-12-22)36(32,33)28-17-5-6-19(18-28)25(29)26-20-9-13-23(14-10-20)35(30,31)27-21-7-3-2-4-8-21/h2-4,7-16,19,27H,5-6,17-18H2,1H3,(H,26,29). The Balaban J connectivity index is 1.40. The van der Waals surface area contributed by atoms with Crippen molar-refractivity contribution in [2.24, 2.45) is 5.92 Å². The van der Waals surface area contributed by atoms with Crippen LogP contribution in [0.5, 0.6) is 5.75 Å². The van der Waals surface area contributed by atoms with Crippen LogP contribution in [0.15, 0.2) is 88.7 Å². The summed E-state index contributed by atoms with van der Waals surface area (Å²) in [6.45, 7) is 0.396. The first kappa shape index (κ1) is 25.7. The van der Waals surface area contributed by atoms with E-state index in [9.17, 15) is 21.6 Å². The summed E-state index contributed by atoms with van der Waals surface area (Å²) in [5.74, 6) is -0.294. The summed E-state index contributed by atoms with van der Waals surface area (Å²) in [7, 11) is -6.02. The van der Waals surface area contributed by atoms with E-state index in [-0.39, 0.29) is 22.2 Å². The summed E-state index contributed by atoms with van der Waals surface area (Å²) in [4.78, 5) is 13.1. The number of para-hydroxylation sites is 1. The first-order valence-electron chi connectivity index (χ1n) is 11.3. The lowest BCUT2D eigenvalue weighted by atomic mass is 9.99. The van der Waals surface area contributed by atoms with Crippen LogP contribution in [0.4, 0.5) is 11.4 Å². The second-order valence-corrected chi connectivity index (χ2v) is 12.0. The van der Waals surface area contributed by atoms with Crippen molar-refractivity contribution < 1.29 is 26.4 Å². The third kappa shape index (κ3) is 5.86. The molecule has 1 amide bonds. The first-order chi connectivity index (χ1) is 17.2. The van der Waals surface area contributed by atoms with E-state index in [4.69, 9.17) is 4.74 Å². The number of carbonyl (C=O) groups excluding carboxylic acids is 1. The fourth-order valence-corrected chi connectivity index (χ4v) is 6.54. The summed E-state index contributed by atoms with van der Waals surface area (Å²) in [6.07, 6.45) is 1.10. The molecule has 1 atom stereocenters. The van der Waals surface area contributed by atoms with Crippen LogP contribution in [0.2, 0.25) is 0 Å². The number of methoxy groups -OCH3 is 1. The Kier molecular flexibility index (Phi) is 7.62. The van der Waals surface area contributed by atoms with Crippen molar-refractivity contribution in [1.82, 2.24) is 4.31 Å². The number of carbonyl (C=O) groups is 1. The number of hydrogen-bond donors (Lipinski definition) is 2. The fraction of sp³-hybridized carbons (Fsp3) is 0.240. The highest BCUT2D eigenvalue weighted by molar-refractivity contribution is 7.92. The number of rotatable bonds is 8. The van der Waals surface area contributed by atoms with E-state index in [0.717, 1.165) is 0 Å². The van der Waals surface area contributed by atoms with Crippen LogP contribution in [0.25, 0.3) is 0 Å². The molecular formula is C25H27N3O6S2. The average molecular weight is 530 g/mol. The molecule has 1 saturated heterocycles. The Morgan fingerprint density at radius 2 is 1.50 bits per heavy atom. The van der Waals surface area contributed by atoms with Crippen molar-refractivity contribution >= 4 is 37.3 Å². The number of nitrogens with one attached hydrogen (secondary N) is 2. The predicted octanol–water partition coefficient (Wildman–Crippen LogP) is 3.54. The molecule has 9 nitrogen and oxygen atoms in total. The number of anilines is 2. The Morgan fingerprint density at radius 1 is 0.861 bits per heavy atom.